The van der Waals surface area contributed by atoms with Crippen LogP contribution in [0, 0.1) is 0 Å². The summed E-state index contributed by atoms with van der Waals surface area (Å²) in [5.74, 6) is 0.766. The van der Waals surface area contributed by atoms with Crippen molar-refractivity contribution in [3.05, 3.63) is 134 Å². The minimum Gasteiger partial charge on any atom is -0.494 e. The van der Waals surface area contributed by atoms with E-state index >= 15 is 0 Å². The maximum Gasteiger partial charge on any atom is 0.252 e. The van der Waals surface area contributed by atoms with Gasteiger partial charge in [-0.1, -0.05) is 87.7 Å². The van der Waals surface area contributed by atoms with Crippen LogP contribution >= 0.6 is 39.1 Å². The first-order valence-electron chi connectivity index (χ1n) is 13.5. The lowest BCUT2D eigenvalue weighted by molar-refractivity contribution is -0.129. The molecule has 1 aliphatic rings. The minimum atomic E-state index is -1.31. The third kappa shape index (κ3) is 6.98. The Morgan fingerprint density at radius 2 is 1.67 bits per heavy atom. The summed E-state index contributed by atoms with van der Waals surface area (Å²) in [6, 6.07) is 30.2. The Bertz CT molecular complexity index is 1550. The molecule has 4 aromatic carbocycles. The minimum absolute atomic E-state index is 0.0666. The molecule has 42 heavy (non-hydrogen) atoms. The average molecular weight is 668 g/mol. The first-order valence-corrected chi connectivity index (χ1v) is 15.0. The Hall–Kier alpha value is -3.36. The predicted octanol–water partition coefficient (Wildman–Crippen LogP) is 7.33. The summed E-state index contributed by atoms with van der Waals surface area (Å²) in [6.07, 6.45) is 0.164. The molecule has 216 valence electrons. The number of carbonyl (C=O) groups is 1. The maximum absolute atomic E-state index is 14.3. The third-order valence-electron chi connectivity index (χ3n) is 6.96. The lowest BCUT2D eigenvalue weighted by atomic mass is 9.82. The number of aliphatic imine (C=N–C) groups is 1. The summed E-state index contributed by atoms with van der Waals surface area (Å²) in [6.45, 7) is 0.722. The van der Waals surface area contributed by atoms with Gasteiger partial charge in [-0.3, -0.25) is 4.79 Å². The van der Waals surface area contributed by atoms with Crippen molar-refractivity contribution in [3.8, 4) is 5.75 Å². The van der Waals surface area contributed by atoms with Gasteiger partial charge in [0.25, 0.3) is 5.91 Å². The van der Waals surface area contributed by atoms with E-state index in [2.05, 4.69) is 21.2 Å². The SMILES string of the molecule is O=C(NCc1ccc(Cl)c(Cl)c1)[C@]1(Cc2ccc(Br)cc2)N=C(c2ccc(OCCCO)cc2)O[C@@H]1c1ccccc1. The molecule has 0 radical (unpaired) electrons. The summed E-state index contributed by atoms with van der Waals surface area (Å²) in [4.78, 5) is 19.4. The van der Waals surface area contributed by atoms with Crippen molar-refractivity contribution in [3.63, 3.8) is 0 Å². The summed E-state index contributed by atoms with van der Waals surface area (Å²) in [5, 5.41) is 13.0. The molecule has 0 aliphatic carbocycles. The van der Waals surface area contributed by atoms with Crippen LogP contribution in [0.25, 0.3) is 0 Å². The average Bonchev–Trinajstić information content (AvgIpc) is 3.40. The molecule has 0 unspecified atom stereocenters. The maximum atomic E-state index is 14.3. The van der Waals surface area contributed by atoms with E-state index in [1.54, 1.807) is 12.1 Å². The van der Waals surface area contributed by atoms with E-state index in [0.29, 0.717) is 41.1 Å². The Morgan fingerprint density at radius 3 is 2.36 bits per heavy atom. The largest absolute Gasteiger partial charge is 0.494 e. The van der Waals surface area contributed by atoms with E-state index in [1.807, 2.05) is 84.9 Å². The van der Waals surface area contributed by atoms with Crippen LogP contribution in [0.2, 0.25) is 10.0 Å². The highest BCUT2D eigenvalue weighted by molar-refractivity contribution is 9.10. The van der Waals surface area contributed by atoms with Gasteiger partial charge in [-0.05, 0) is 65.2 Å². The van der Waals surface area contributed by atoms with E-state index in [-0.39, 0.29) is 19.1 Å². The number of benzene rings is 4. The molecule has 1 aliphatic heterocycles. The highest BCUT2D eigenvalue weighted by atomic mass is 79.9. The molecular formula is C33H29BrCl2N2O4. The molecule has 0 saturated carbocycles. The Balaban J connectivity index is 1.53. The van der Waals surface area contributed by atoms with Gasteiger partial charge < -0.3 is 19.9 Å². The van der Waals surface area contributed by atoms with Gasteiger partial charge in [0.2, 0.25) is 5.90 Å². The molecule has 0 spiro atoms. The number of halogens is 3. The zero-order valence-electron chi connectivity index (χ0n) is 22.6. The van der Waals surface area contributed by atoms with E-state index in [4.69, 9.17) is 42.8 Å². The molecule has 0 saturated heterocycles. The van der Waals surface area contributed by atoms with Crippen molar-refractivity contribution in [2.45, 2.75) is 31.0 Å². The predicted molar refractivity (Wildman–Crippen MR) is 169 cm³/mol. The fourth-order valence-corrected chi connectivity index (χ4v) is 5.39. The summed E-state index contributed by atoms with van der Waals surface area (Å²) >= 11 is 15.8. The molecule has 9 heteroatoms. The van der Waals surface area contributed by atoms with Gasteiger partial charge in [0, 0.05) is 36.0 Å². The normalized spacial score (nSPS) is 17.8. The molecule has 4 aromatic rings. The van der Waals surface area contributed by atoms with Crippen molar-refractivity contribution in [1.82, 2.24) is 5.32 Å². The Morgan fingerprint density at radius 1 is 0.952 bits per heavy atom. The number of nitrogens with one attached hydrogen (secondary N) is 1. The Labute approximate surface area is 263 Å². The van der Waals surface area contributed by atoms with E-state index < -0.39 is 11.6 Å². The van der Waals surface area contributed by atoms with E-state index in [1.165, 1.54) is 0 Å². The number of hydrogen-bond acceptors (Lipinski definition) is 5. The molecule has 2 N–H and O–H groups in total. The zero-order valence-corrected chi connectivity index (χ0v) is 25.7. The topological polar surface area (TPSA) is 80.2 Å². The van der Waals surface area contributed by atoms with Crippen molar-refractivity contribution < 1.29 is 19.4 Å². The van der Waals surface area contributed by atoms with Crippen LogP contribution in [0.5, 0.6) is 5.75 Å². The number of rotatable bonds is 11. The van der Waals surface area contributed by atoms with Gasteiger partial charge in [0.05, 0.1) is 16.7 Å². The lowest BCUT2D eigenvalue weighted by Crippen LogP contribution is -2.49. The summed E-state index contributed by atoms with van der Waals surface area (Å²) in [5.41, 5.74) is 2.00. The number of nitrogens with zero attached hydrogens (tertiary/aromatic N) is 1. The molecule has 6 nitrogen and oxygen atoms in total. The number of carbonyl (C=O) groups excluding carboxylic acids is 1. The number of aliphatic hydroxyl groups excluding tert-OH is 1. The van der Waals surface area contributed by atoms with Gasteiger partial charge in [-0.25, -0.2) is 4.99 Å². The summed E-state index contributed by atoms with van der Waals surface area (Å²) in [7, 11) is 0. The van der Waals surface area contributed by atoms with Crippen LogP contribution in [0.4, 0.5) is 0 Å². The number of amides is 1. The lowest BCUT2D eigenvalue weighted by Gasteiger charge is -2.31. The number of hydrogen-bond donors (Lipinski definition) is 2. The van der Waals surface area contributed by atoms with Gasteiger partial charge in [0.1, 0.15) is 5.75 Å². The smallest absolute Gasteiger partial charge is 0.252 e. The van der Waals surface area contributed by atoms with Gasteiger partial charge in [-0.15, -0.1) is 0 Å². The quantitative estimate of drug-likeness (QED) is 0.164. The van der Waals surface area contributed by atoms with Crippen molar-refractivity contribution in [2.24, 2.45) is 4.99 Å². The molecule has 2 atom stereocenters. The number of aliphatic hydroxyl groups is 1. The van der Waals surface area contributed by atoms with Gasteiger partial charge in [-0.2, -0.15) is 0 Å². The third-order valence-corrected chi connectivity index (χ3v) is 8.22. The van der Waals surface area contributed by atoms with Crippen LogP contribution in [-0.4, -0.2) is 35.7 Å². The highest BCUT2D eigenvalue weighted by Crippen LogP contribution is 2.42. The van der Waals surface area contributed by atoms with E-state index in [0.717, 1.165) is 26.7 Å². The van der Waals surface area contributed by atoms with Crippen molar-refractivity contribution >= 4 is 50.9 Å². The standard InChI is InChI=1S/C33H29BrCl2N2O4/c34-26-12-7-22(8-13-26)20-33(32(40)37-21-23-9-16-28(35)29(36)19-23)30(24-5-2-1-3-6-24)42-31(38-33)25-10-14-27(15-11-25)41-18-4-17-39/h1-3,5-16,19,30,39H,4,17-18,20-21H2,(H,37,40)/t30-,33-/m1/s1. The van der Waals surface area contributed by atoms with Crippen molar-refractivity contribution in [1.29, 1.82) is 0 Å². The second-order valence-electron chi connectivity index (χ2n) is 9.93. The highest BCUT2D eigenvalue weighted by Gasteiger charge is 2.53. The van der Waals surface area contributed by atoms with Crippen molar-refractivity contribution in [2.75, 3.05) is 13.2 Å². The molecule has 0 aromatic heterocycles. The zero-order chi connectivity index (χ0) is 29.5. The molecule has 0 bridgehead atoms. The van der Waals surface area contributed by atoms with Gasteiger partial charge in [0.15, 0.2) is 11.6 Å². The molecule has 5 rings (SSSR count). The molecule has 0 fully saturated rings. The van der Waals surface area contributed by atoms with Crippen LogP contribution < -0.4 is 10.1 Å². The first kappa shape index (κ1) is 30.1. The Kier molecular flexibility index (Phi) is 9.85. The molecular weight excluding hydrogens is 639 g/mol. The summed E-state index contributed by atoms with van der Waals surface area (Å²) < 4.78 is 13.2. The fraction of sp³-hybridized carbons (Fsp3) is 0.212. The van der Waals surface area contributed by atoms with Crippen LogP contribution in [0.1, 0.15) is 34.8 Å². The number of ether oxygens (including phenoxy) is 2. The van der Waals surface area contributed by atoms with Crippen LogP contribution in [0.3, 0.4) is 0 Å². The van der Waals surface area contributed by atoms with Crippen LogP contribution in [-0.2, 0) is 22.5 Å². The first-order chi connectivity index (χ1) is 20.4. The second-order valence-corrected chi connectivity index (χ2v) is 11.7. The molecule has 1 amide bonds. The van der Waals surface area contributed by atoms with E-state index in [9.17, 15) is 4.79 Å². The molecule has 1 heterocycles. The monoisotopic (exact) mass is 666 g/mol. The second kappa shape index (κ2) is 13.7. The van der Waals surface area contributed by atoms with Crippen LogP contribution in [0.15, 0.2) is 107 Å². The fourth-order valence-electron chi connectivity index (χ4n) is 4.81. The van der Waals surface area contributed by atoms with Gasteiger partial charge >= 0.3 is 0 Å².